The number of carboxylic acid groups (broad SMARTS) is 1. The fraction of sp³-hybridized carbons (Fsp3) is 0.333. The molecule has 6 nitrogen and oxygen atoms in total. The number of benzene rings is 1. The Balaban J connectivity index is 2.23. The van der Waals surface area contributed by atoms with Crippen molar-refractivity contribution in [2.24, 2.45) is 0 Å². The number of ether oxygens (including phenoxy) is 2. The van der Waals surface area contributed by atoms with Crippen molar-refractivity contribution in [2.75, 3.05) is 19.7 Å². The number of carbonyl (C=O) groups excluding carboxylic acids is 1. The van der Waals surface area contributed by atoms with Gasteiger partial charge in [-0.15, -0.1) is 11.3 Å². The Hall–Kier alpha value is -2.80. The minimum atomic E-state index is -1.07. The molecule has 0 spiro atoms. The number of thiophene rings is 1. The molecule has 0 unspecified atom stereocenters. The number of hydrogen-bond donors (Lipinski definition) is 1. The minimum Gasteiger partial charge on any atom is -0.484 e. The molecule has 2 rings (SSSR count). The molecule has 0 fully saturated rings. The molecule has 150 valence electrons. The molecule has 1 N–H and O–H groups in total. The maximum Gasteiger partial charge on any atom is 0.341 e. The number of amides is 1. The van der Waals surface area contributed by atoms with Gasteiger partial charge in [0.2, 0.25) is 5.91 Å². The molecule has 28 heavy (non-hydrogen) atoms. The van der Waals surface area contributed by atoms with E-state index in [-0.39, 0.29) is 5.91 Å². The number of nitrogens with zero attached hydrogens (tertiary/aromatic N) is 1. The molecule has 0 saturated heterocycles. The van der Waals surface area contributed by atoms with E-state index in [4.69, 9.17) is 14.6 Å². The van der Waals surface area contributed by atoms with Gasteiger partial charge in [-0.1, -0.05) is 12.1 Å². The maximum atomic E-state index is 12.3. The molecular weight excluding hydrogens is 378 g/mol. The van der Waals surface area contributed by atoms with Gasteiger partial charge in [0, 0.05) is 24.0 Å². The SMILES string of the molecule is CCN(CC)C(=O)/C=C(/C)c1ccc(OCc2cccs2)c(OCC(=O)O)c1. The quantitative estimate of drug-likeness (QED) is 0.606. The molecule has 0 aliphatic carbocycles. The molecule has 0 bridgehead atoms. The molecule has 1 heterocycles. The molecular formula is C21H25NO5S. The molecule has 1 aromatic heterocycles. The second-order valence-corrected chi connectivity index (χ2v) is 7.08. The molecule has 1 aromatic carbocycles. The smallest absolute Gasteiger partial charge is 0.341 e. The highest BCUT2D eigenvalue weighted by Gasteiger charge is 2.12. The van der Waals surface area contributed by atoms with Crippen LogP contribution in [0.2, 0.25) is 0 Å². The average molecular weight is 404 g/mol. The zero-order chi connectivity index (χ0) is 20.5. The van der Waals surface area contributed by atoms with E-state index in [1.54, 1.807) is 34.4 Å². The second-order valence-electron chi connectivity index (χ2n) is 6.05. The Labute approximate surface area is 169 Å². The van der Waals surface area contributed by atoms with Crippen LogP contribution in [-0.2, 0) is 16.2 Å². The van der Waals surface area contributed by atoms with Crippen LogP contribution in [0.5, 0.6) is 11.5 Å². The summed E-state index contributed by atoms with van der Waals surface area (Å²) in [6, 6.07) is 9.17. The summed E-state index contributed by atoms with van der Waals surface area (Å²) < 4.78 is 11.2. The molecule has 2 aromatic rings. The standard InChI is InChI=1S/C21H25NO5S/c1-4-22(5-2)20(23)11-15(3)16-8-9-18(19(12-16)27-14-21(24)25)26-13-17-7-6-10-28-17/h6-12H,4-5,13-14H2,1-3H3,(H,24,25)/b15-11-. The third-order valence-electron chi connectivity index (χ3n) is 4.12. The van der Waals surface area contributed by atoms with Crippen molar-refractivity contribution in [1.29, 1.82) is 0 Å². The number of hydrogen-bond acceptors (Lipinski definition) is 5. The van der Waals surface area contributed by atoms with E-state index in [1.165, 1.54) is 0 Å². The van der Waals surface area contributed by atoms with Crippen molar-refractivity contribution >= 4 is 28.8 Å². The minimum absolute atomic E-state index is 0.0615. The largest absolute Gasteiger partial charge is 0.484 e. The highest BCUT2D eigenvalue weighted by Crippen LogP contribution is 2.32. The van der Waals surface area contributed by atoms with Crippen LogP contribution in [0.15, 0.2) is 41.8 Å². The maximum absolute atomic E-state index is 12.3. The lowest BCUT2D eigenvalue weighted by atomic mass is 10.1. The molecule has 0 saturated carbocycles. The summed E-state index contributed by atoms with van der Waals surface area (Å²) in [5, 5.41) is 10.9. The topological polar surface area (TPSA) is 76.1 Å². The second kappa shape index (κ2) is 10.5. The Morgan fingerprint density at radius 1 is 1.14 bits per heavy atom. The molecule has 7 heteroatoms. The normalized spacial score (nSPS) is 11.2. The predicted molar refractivity (Wildman–Crippen MR) is 110 cm³/mol. The van der Waals surface area contributed by atoms with Gasteiger partial charge >= 0.3 is 5.97 Å². The van der Waals surface area contributed by atoms with Gasteiger partial charge in [-0.05, 0) is 55.5 Å². The summed E-state index contributed by atoms with van der Waals surface area (Å²) in [5.41, 5.74) is 1.53. The average Bonchev–Trinajstić information content (AvgIpc) is 3.19. The molecule has 0 aliphatic rings. The van der Waals surface area contributed by atoms with Crippen molar-refractivity contribution in [3.05, 3.63) is 52.2 Å². The van der Waals surface area contributed by atoms with Gasteiger partial charge in [-0.25, -0.2) is 4.79 Å². The number of carbonyl (C=O) groups is 2. The fourth-order valence-electron chi connectivity index (χ4n) is 2.56. The number of aliphatic carboxylic acids is 1. The van der Waals surface area contributed by atoms with Gasteiger partial charge in [-0.2, -0.15) is 0 Å². The van der Waals surface area contributed by atoms with Gasteiger partial charge < -0.3 is 19.5 Å². The Morgan fingerprint density at radius 2 is 1.89 bits per heavy atom. The fourth-order valence-corrected chi connectivity index (χ4v) is 3.18. The first kappa shape index (κ1) is 21.5. The first-order chi connectivity index (χ1) is 13.4. The van der Waals surface area contributed by atoms with Crippen LogP contribution in [0.3, 0.4) is 0 Å². The van der Waals surface area contributed by atoms with E-state index in [0.29, 0.717) is 31.2 Å². The lowest BCUT2D eigenvalue weighted by Crippen LogP contribution is -2.28. The number of likely N-dealkylation sites (N-methyl/N-ethyl adjacent to an activating group) is 1. The lowest BCUT2D eigenvalue weighted by Gasteiger charge is -2.17. The highest BCUT2D eigenvalue weighted by molar-refractivity contribution is 7.09. The van der Waals surface area contributed by atoms with E-state index in [9.17, 15) is 9.59 Å². The highest BCUT2D eigenvalue weighted by atomic mass is 32.1. The Kier molecular flexibility index (Phi) is 8.07. The summed E-state index contributed by atoms with van der Waals surface area (Å²) in [6.07, 6.45) is 1.58. The van der Waals surface area contributed by atoms with Gasteiger partial charge in [0.25, 0.3) is 0 Å². The molecule has 0 aliphatic heterocycles. The summed E-state index contributed by atoms with van der Waals surface area (Å²) in [7, 11) is 0. The van der Waals surface area contributed by atoms with Crippen LogP contribution in [-0.4, -0.2) is 41.6 Å². The van der Waals surface area contributed by atoms with Crippen molar-refractivity contribution in [1.82, 2.24) is 4.90 Å². The summed E-state index contributed by atoms with van der Waals surface area (Å²) in [6.45, 7) is 6.88. The van der Waals surface area contributed by atoms with Crippen molar-refractivity contribution < 1.29 is 24.2 Å². The first-order valence-corrected chi connectivity index (χ1v) is 9.94. The van der Waals surface area contributed by atoms with E-state index in [2.05, 4.69) is 0 Å². The lowest BCUT2D eigenvalue weighted by molar-refractivity contribution is -0.139. The van der Waals surface area contributed by atoms with Crippen LogP contribution in [0.4, 0.5) is 0 Å². The zero-order valence-corrected chi connectivity index (χ0v) is 17.1. The molecule has 0 radical (unpaired) electrons. The third-order valence-corrected chi connectivity index (χ3v) is 4.97. The van der Waals surface area contributed by atoms with Crippen LogP contribution < -0.4 is 9.47 Å². The van der Waals surface area contributed by atoms with Crippen LogP contribution in [0.1, 0.15) is 31.2 Å². The van der Waals surface area contributed by atoms with Crippen LogP contribution in [0, 0.1) is 0 Å². The number of allylic oxidation sites excluding steroid dienone is 1. The van der Waals surface area contributed by atoms with Gasteiger partial charge in [0.15, 0.2) is 18.1 Å². The Bertz CT molecular complexity index is 825. The van der Waals surface area contributed by atoms with Gasteiger partial charge in [-0.3, -0.25) is 4.79 Å². The first-order valence-electron chi connectivity index (χ1n) is 9.06. The van der Waals surface area contributed by atoms with Crippen LogP contribution >= 0.6 is 11.3 Å². The summed E-state index contributed by atoms with van der Waals surface area (Å²) in [4.78, 5) is 26.0. The monoisotopic (exact) mass is 403 g/mol. The molecule has 1 amide bonds. The zero-order valence-electron chi connectivity index (χ0n) is 16.3. The van der Waals surface area contributed by atoms with Gasteiger partial charge in [0.1, 0.15) is 6.61 Å². The van der Waals surface area contributed by atoms with Crippen LogP contribution in [0.25, 0.3) is 5.57 Å². The van der Waals surface area contributed by atoms with Crippen molar-refractivity contribution in [3.63, 3.8) is 0 Å². The predicted octanol–water partition coefficient (Wildman–Crippen LogP) is 4.06. The van der Waals surface area contributed by atoms with E-state index in [0.717, 1.165) is 16.0 Å². The summed E-state index contributed by atoms with van der Waals surface area (Å²) in [5.74, 6) is -0.340. The Morgan fingerprint density at radius 3 is 2.50 bits per heavy atom. The number of rotatable bonds is 10. The summed E-state index contributed by atoms with van der Waals surface area (Å²) >= 11 is 1.58. The number of carboxylic acids is 1. The van der Waals surface area contributed by atoms with Gasteiger partial charge in [0.05, 0.1) is 0 Å². The van der Waals surface area contributed by atoms with Crippen molar-refractivity contribution in [3.8, 4) is 11.5 Å². The third kappa shape index (κ3) is 6.13. The van der Waals surface area contributed by atoms with E-state index >= 15 is 0 Å². The van der Waals surface area contributed by atoms with E-state index in [1.807, 2.05) is 44.4 Å². The van der Waals surface area contributed by atoms with E-state index < -0.39 is 12.6 Å². The van der Waals surface area contributed by atoms with Crippen molar-refractivity contribution in [2.45, 2.75) is 27.4 Å². The molecule has 0 atom stereocenters.